The molecule has 1 aromatic rings. The molecular weight excluding hydrogens is 294 g/mol. The third-order valence-corrected chi connectivity index (χ3v) is 5.31. The zero-order valence-electron chi connectivity index (χ0n) is 10.5. The first-order chi connectivity index (χ1) is 8.77. The van der Waals surface area contributed by atoms with Crippen LogP contribution in [0.25, 0.3) is 0 Å². The van der Waals surface area contributed by atoms with E-state index in [4.69, 9.17) is 10.5 Å². The van der Waals surface area contributed by atoms with Crippen LogP contribution in [0.2, 0.25) is 0 Å². The predicted octanol–water partition coefficient (Wildman–Crippen LogP) is 0.942. The normalized spacial score (nSPS) is 13.4. The lowest BCUT2D eigenvalue weighted by atomic mass is 10.3. The first-order valence-electron chi connectivity index (χ1n) is 5.33. The molecule has 0 saturated heterocycles. The van der Waals surface area contributed by atoms with E-state index in [1.807, 2.05) is 0 Å². The minimum atomic E-state index is -3.80. The van der Waals surface area contributed by atoms with Crippen LogP contribution in [0.3, 0.4) is 0 Å². The number of nitrogen functional groups attached to an aromatic ring is 1. The van der Waals surface area contributed by atoms with Crippen LogP contribution in [-0.4, -0.2) is 33.1 Å². The molecule has 108 valence electrons. The number of nitrogens with one attached hydrogen (secondary N) is 1. The Hall–Kier alpha value is -1.23. The number of nitro groups is 1. The van der Waals surface area contributed by atoms with Gasteiger partial charge in [-0.3, -0.25) is 10.1 Å². The molecule has 10 heteroatoms. The molecule has 0 aliphatic heterocycles. The SMILES string of the molecule is COCCC(C)NS(=O)(=O)c1cc([N+](=O)[O-])c(N)s1. The number of rotatable bonds is 7. The molecule has 0 radical (unpaired) electrons. The second-order valence-electron chi connectivity index (χ2n) is 3.88. The molecule has 0 aliphatic rings. The Morgan fingerprint density at radius 3 is 2.74 bits per heavy atom. The van der Waals surface area contributed by atoms with Gasteiger partial charge in [-0.2, -0.15) is 0 Å². The van der Waals surface area contributed by atoms with Gasteiger partial charge in [0.05, 0.1) is 4.92 Å². The van der Waals surface area contributed by atoms with Gasteiger partial charge in [-0.15, -0.1) is 0 Å². The number of hydrogen-bond donors (Lipinski definition) is 2. The van der Waals surface area contributed by atoms with Crippen molar-refractivity contribution in [2.75, 3.05) is 19.5 Å². The lowest BCUT2D eigenvalue weighted by Crippen LogP contribution is -2.32. The molecule has 1 unspecified atom stereocenters. The Kier molecular flexibility index (Phi) is 5.23. The minimum absolute atomic E-state index is 0.130. The predicted molar refractivity (Wildman–Crippen MR) is 71.7 cm³/mol. The third kappa shape index (κ3) is 4.13. The molecule has 0 aromatic carbocycles. The molecule has 0 bridgehead atoms. The summed E-state index contributed by atoms with van der Waals surface area (Å²) >= 11 is 0.670. The van der Waals surface area contributed by atoms with E-state index in [2.05, 4.69) is 4.72 Å². The average Bonchev–Trinajstić information content (AvgIpc) is 2.69. The molecule has 1 atom stereocenters. The van der Waals surface area contributed by atoms with Crippen molar-refractivity contribution < 1.29 is 18.1 Å². The topological polar surface area (TPSA) is 125 Å². The summed E-state index contributed by atoms with van der Waals surface area (Å²) in [7, 11) is -2.28. The van der Waals surface area contributed by atoms with E-state index in [1.165, 1.54) is 7.11 Å². The number of anilines is 1. The molecule has 0 saturated carbocycles. The van der Waals surface area contributed by atoms with Crippen molar-refractivity contribution in [2.45, 2.75) is 23.6 Å². The largest absolute Gasteiger partial charge is 0.385 e. The van der Waals surface area contributed by atoms with Crippen LogP contribution in [0, 0.1) is 10.1 Å². The van der Waals surface area contributed by atoms with E-state index in [1.54, 1.807) is 6.92 Å². The fraction of sp³-hybridized carbons (Fsp3) is 0.556. The fourth-order valence-corrected chi connectivity index (χ4v) is 3.83. The molecule has 19 heavy (non-hydrogen) atoms. The van der Waals surface area contributed by atoms with Crippen LogP contribution in [0.15, 0.2) is 10.3 Å². The molecular formula is C9H15N3O5S2. The molecule has 1 heterocycles. The molecule has 0 spiro atoms. The summed E-state index contributed by atoms with van der Waals surface area (Å²) in [6.07, 6.45) is 0.499. The first kappa shape index (κ1) is 15.8. The first-order valence-corrected chi connectivity index (χ1v) is 7.63. The lowest BCUT2D eigenvalue weighted by molar-refractivity contribution is -0.383. The summed E-state index contributed by atoms with van der Waals surface area (Å²) in [6.45, 7) is 2.10. The number of nitrogens with two attached hydrogens (primary N) is 1. The molecule has 1 aromatic heterocycles. The van der Waals surface area contributed by atoms with Gasteiger partial charge < -0.3 is 10.5 Å². The molecule has 1 rings (SSSR count). The Balaban J connectivity index is 2.89. The number of nitrogens with zero attached hydrogens (tertiary/aromatic N) is 1. The molecule has 3 N–H and O–H groups in total. The number of methoxy groups -OCH3 is 1. The lowest BCUT2D eigenvalue weighted by Gasteiger charge is -2.12. The quantitative estimate of drug-likeness (QED) is 0.570. The van der Waals surface area contributed by atoms with E-state index in [0.29, 0.717) is 24.4 Å². The zero-order chi connectivity index (χ0) is 14.6. The highest BCUT2D eigenvalue weighted by atomic mass is 32.2. The van der Waals surface area contributed by atoms with Crippen molar-refractivity contribution in [1.82, 2.24) is 4.72 Å². The summed E-state index contributed by atoms with van der Waals surface area (Å²) in [5, 5.41) is 10.5. The van der Waals surface area contributed by atoms with E-state index >= 15 is 0 Å². The van der Waals surface area contributed by atoms with Gasteiger partial charge in [0, 0.05) is 25.8 Å². The maximum atomic E-state index is 12.0. The van der Waals surface area contributed by atoms with E-state index in [9.17, 15) is 18.5 Å². The van der Waals surface area contributed by atoms with Gasteiger partial charge in [0.2, 0.25) is 0 Å². The van der Waals surface area contributed by atoms with Crippen LogP contribution in [0.4, 0.5) is 10.7 Å². The minimum Gasteiger partial charge on any atom is -0.385 e. The number of hydrogen-bond acceptors (Lipinski definition) is 7. The van der Waals surface area contributed by atoms with Crippen molar-refractivity contribution in [2.24, 2.45) is 0 Å². The van der Waals surface area contributed by atoms with Gasteiger partial charge in [0.25, 0.3) is 10.0 Å². The summed E-state index contributed by atoms with van der Waals surface area (Å²) in [5.41, 5.74) is 5.02. The highest BCUT2D eigenvalue weighted by Gasteiger charge is 2.25. The van der Waals surface area contributed by atoms with Gasteiger partial charge in [0.1, 0.15) is 4.21 Å². The van der Waals surface area contributed by atoms with Crippen molar-refractivity contribution >= 4 is 32.0 Å². The molecule has 0 aliphatic carbocycles. The highest BCUT2D eigenvalue weighted by molar-refractivity contribution is 7.91. The number of sulfonamides is 1. The van der Waals surface area contributed by atoms with Gasteiger partial charge in [-0.1, -0.05) is 11.3 Å². The van der Waals surface area contributed by atoms with Gasteiger partial charge in [-0.05, 0) is 13.3 Å². The maximum absolute atomic E-state index is 12.0. The summed E-state index contributed by atoms with van der Waals surface area (Å²) in [4.78, 5) is 9.92. The maximum Gasteiger partial charge on any atom is 0.304 e. The van der Waals surface area contributed by atoms with Gasteiger partial charge in [0.15, 0.2) is 5.00 Å². The van der Waals surface area contributed by atoms with E-state index in [-0.39, 0.29) is 15.3 Å². The zero-order valence-corrected chi connectivity index (χ0v) is 12.1. The summed E-state index contributed by atoms with van der Waals surface area (Å²) < 4.78 is 31.0. The van der Waals surface area contributed by atoms with E-state index < -0.39 is 20.6 Å². The van der Waals surface area contributed by atoms with Crippen LogP contribution in [-0.2, 0) is 14.8 Å². The number of ether oxygens (including phenoxy) is 1. The Bertz CT molecular complexity index is 554. The number of thiophene rings is 1. The summed E-state index contributed by atoms with van der Waals surface area (Å²) in [5.74, 6) is 0. The molecule has 0 fully saturated rings. The third-order valence-electron chi connectivity index (χ3n) is 2.29. The Morgan fingerprint density at radius 1 is 1.63 bits per heavy atom. The Labute approximate surface area is 114 Å². The standard InChI is InChI=1S/C9H15N3O5S2/c1-6(3-4-17-2)11-19(15,16)8-5-7(12(13)14)9(10)18-8/h5-6,11H,3-4,10H2,1-2H3. The van der Waals surface area contributed by atoms with Gasteiger partial charge >= 0.3 is 5.69 Å². The monoisotopic (exact) mass is 309 g/mol. The molecule has 8 nitrogen and oxygen atoms in total. The van der Waals surface area contributed by atoms with Crippen LogP contribution in [0.1, 0.15) is 13.3 Å². The second-order valence-corrected chi connectivity index (χ2v) is 6.90. The van der Waals surface area contributed by atoms with Crippen LogP contribution >= 0.6 is 11.3 Å². The van der Waals surface area contributed by atoms with Crippen LogP contribution < -0.4 is 10.5 Å². The summed E-state index contributed by atoms with van der Waals surface area (Å²) in [6, 6.07) is 0.623. The van der Waals surface area contributed by atoms with Crippen LogP contribution in [0.5, 0.6) is 0 Å². The van der Waals surface area contributed by atoms with Crippen molar-refractivity contribution in [3.8, 4) is 0 Å². The van der Waals surface area contributed by atoms with Crippen molar-refractivity contribution in [1.29, 1.82) is 0 Å². The fourth-order valence-electron chi connectivity index (χ4n) is 1.32. The van der Waals surface area contributed by atoms with Crippen molar-refractivity contribution in [3.05, 3.63) is 16.2 Å². The molecule has 0 amide bonds. The van der Waals surface area contributed by atoms with E-state index in [0.717, 1.165) is 6.07 Å². The highest BCUT2D eigenvalue weighted by Crippen LogP contribution is 2.34. The Morgan fingerprint density at radius 2 is 2.26 bits per heavy atom. The average molecular weight is 309 g/mol. The van der Waals surface area contributed by atoms with Gasteiger partial charge in [-0.25, -0.2) is 13.1 Å². The second kappa shape index (κ2) is 6.28. The van der Waals surface area contributed by atoms with Crippen molar-refractivity contribution in [3.63, 3.8) is 0 Å². The smallest absolute Gasteiger partial charge is 0.304 e.